The number of carbonyl (C=O) groups is 1. The molecule has 1 heterocycles. The Kier molecular flexibility index (Phi) is 5.02. The lowest BCUT2D eigenvalue weighted by molar-refractivity contribution is -0.123. The van der Waals surface area contributed by atoms with Gasteiger partial charge in [-0.25, -0.2) is 0 Å². The highest BCUT2D eigenvalue weighted by molar-refractivity contribution is 5.60. The predicted octanol–water partition coefficient (Wildman–Crippen LogP) is 2.88. The third-order valence-corrected chi connectivity index (χ3v) is 5.09. The largest absolute Gasteiger partial charge is 0.376 e. The van der Waals surface area contributed by atoms with E-state index in [1.807, 2.05) is 0 Å². The average Bonchev–Trinajstić information content (AvgIpc) is 2.42. The number of hydrogen-bond donors (Lipinski definition) is 0. The van der Waals surface area contributed by atoms with Gasteiger partial charge >= 0.3 is 0 Å². The minimum Gasteiger partial charge on any atom is -0.376 e. The zero-order valence-corrected chi connectivity index (χ0v) is 12.7. The van der Waals surface area contributed by atoms with Gasteiger partial charge in [0.15, 0.2) is 0 Å². The molecule has 0 spiro atoms. The summed E-state index contributed by atoms with van der Waals surface area (Å²) in [7, 11) is 0. The molecule has 1 aliphatic carbocycles. The number of hydrogen-bond acceptors (Lipinski definition) is 3. The third kappa shape index (κ3) is 3.57. The minimum atomic E-state index is -0.0863. The van der Waals surface area contributed by atoms with Gasteiger partial charge in [-0.15, -0.1) is 0 Å². The monoisotopic (exact) mass is 267 g/mol. The Hall–Kier alpha value is -0.410. The first-order chi connectivity index (χ1) is 9.08. The van der Waals surface area contributed by atoms with Crippen molar-refractivity contribution < 1.29 is 9.53 Å². The van der Waals surface area contributed by atoms with E-state index >= 15 is 0 Å². The Morgan fingerprint density at radius 3 is 2.58 bits per heavy atom. The smallest absolute Gasteiger partial charge is 0.127 e. The van der Waals surface area contributed by atoms with E-state index in [9.17, 15) is 4.79 Å². The maximum Gasteiger partial charge on any atom is 0.127 e. The fraction of sp³-hybridized carbons (Fsp3) is 0.938. The molecule has 3 nitrogen and oxygen atoms in total. The van der Waals surface area contributed by atoms with Crippen LogP contribution in [0.2, 0.25) is 0 Å². The number of carbonyl (C=O) groups excluding carboxylic acids is 1. The predicted molar refractivity (Wildman–Crippen MR) is 77.2 cm³/mol. The van der Waals surface area contributed by atoms with Gasteiger partial charge in [-0.3, -0.25) is 4.90 Å². The first-order valence-electron chi connectivity index (χ1n) is 7.90. The summed E-state index contributed by atoms with van der Waals surface area (Å²) in [6.07, 6.45) is 7.21. The summed E-state index contributed by atoms with van der Waals surface area (Å²) >= 11 is 0. The van der Waals surface area contributed by atoms with E-state index in [1.165, 1.54) is 19.1 Å². The van der Waals surface area contributed by atoms with Crippen LogP contribution in [0.4, 0.5) is 0 Å². The molecule has 0 aromatic carbocycles. The van der Waals surface area contributed by atoms with Gasteiger partial charge in [-0.1, -0.05) is 13.8 Å². The molecule has 2 atom stereocenters. The number of ether oxygens (including phenoxy) is 1. The van der Waals surface area contributed by atoms with Crippen molar-refractivity contribution in [3.8, 4) is 0 Å². The molecule has 0 radical (unpaired) electrons. The van der Waals surface area contributed by atoms with Gasteiger partial charge in [0, 0.05) is 24.5 Å². The van der Waals surface area contributed by atoms with E-state index in [2.05, 4.69) is 25.7 Å². The van der Waals surface area contributed by atoms with Crippen LogP contribution in [0.3, 0.4) is 0 Å². The van der Waals surface area contributed by atoms with Crippen LogP contribution in [-0.2, 0) is 9.53 Å². The molecule has 1 aliphatic heterocycles. The summed E-state index contributed by atoms with van der Waals surface area (Å²) < 4.78 is 5.75. The van der Waals surface area contributed by atoms with Gasteiger partial charge in [0.05, 0.1) is 12.7 Å². The molecule has 2 unspecified atom stereocenters. The van der Waals surface area contributed by atoms with Gasteiger partial charge in [-0.2, -0.15) is 0 Å². The van der Waals surface area contributed by atoms with E-state index in [0.717, 1.165) is 44.9 Å². The molecule has 1 saturated heterocycles. The second-order valence-corrected chi connectivity index (χ2v) is 6.80. The summed E-state index contributed by atoms with van der Waals surface area (Å²) in [6.45, 7) is 9.39. The Bertz CT molecular complexity index is 297. The SMILES string of the molecule is CCC1COC(C)CN1CC1(C=O)CCC(C)CC1. The highest BCUT2D eigenvalue weighted by atomic mass is 16.5. The third-order valence-electron chi connectivity index (χ3n) is 5.09. The van der Waals surface area contributed by atoms with Gasteiger partial charge < -0.3 is 9.53 Å². The van der Waals surface area contributed by atoms with Crippen molar-refractivity contribution in [2.75, 3.05) is 19.7 Å². The quantitative estimate of drug-likeness (QED) is 0.734. The van der Waals surface area contributed by atoms with Crippen molar-refractivity contribution in [2.24, 2.45) is 11.3 Å². The second-order valence-electron chi connectivity index (χ2n) is 6.80. The Balaban J connectivity index is 2.01. The summed E-state index contributed by atoms with van der Waals surface area (Å²) in [5.74, 6) is 0.790. The number of morpholine rings is 1. The molecule has 2 aliphatic rings. The van der Waals surface area contributed by atoms with Gasteiger partial charge in [-0.05, 0) is 44.9 Å². The molecule has 0 N–H and O–H groups in total. The Morgan fingerprint density at radius 1 is 1.32 bits per heavy atom. The summed E-state index contributed by atoms with van der Waals surface area (Å²) in [6, 6.07) is 0.493. The molecule has 0 aromatic rings. The van der Waals surface area contributed by atoms with Crippen molar-refractivity contribution in [1.29, 1.82) is 0 Å². The molecule has 0 bridgehead atoms. The fourth-order valence-electron chi connectivity index (χ4n) is 3.54. The van der Waals surface area contributed by atoms with Crippen LogP contribution < -0.4 is 0 Å². The lowest BCUT2D eigenvalue weighted by Gasteiger charge is -2.44. The highest BCUT2D eigenvalue weighted by Gasteiger charge is 2.38. The first kappa shape index (κ1) is 15.0. The van der Waals surface area contributed by atoms with E-state index in [1.54, 1.807) is 0 Å². The molecular weight excluding hydrogens is 238 g/mol. The molecule has 2 fully saturated rings. The van der Waals surface area contributed by atoms with Gasteiger partial charge in [0.25, 0.3) is 0 Å². The van der Waals surface area contributed by atoms with Crippen LogP contribution >= 0.6 is 0 Å². The van der Waals surface area contributed by atoms with Crippen molar-refractivity contribution in [1.82, 2.24) is 4.90 Å². The first-order valence-corrected chi connectivity index (χ1v) is 7.90. The maximum atomic E-state index is 11.7. The second kappa shape index (κ2) is 6.36. The van der Waals surface area contributed by atoms with Crippen molar-refractivity contribution in [3.63, 3.8) is 0 Å². The fourth-order valence-corrected chi connectivity index (χ4v) is 3.54. The highest BCUT2D eigenvalue weighted by Crippen LogP contribution is 2.38. The molecule has 2 rings (SSSR count). The van der Waals surface area contributed by atoms with E-state index in [4.69, 9.17) is 4.74 Å². The molecular formula is C16H29NO2. The van der Waals surface area contributed by atoms with Gasteiger partial charge in [0.2, 0.25) is 0 Å². The maximum absolute atomic E-state index is 11.7. The van der Waals surface area contributed by atoms with Crippen molar-refractivity contribution in [2.45, 2.75) is 65.0 Å². The minimum absolute atomic E-state index is 0.0863. The van der Waals surface area contributed by atoms with E-state index < -0.39 is 0 Å². The lowest BCUT2D eigenvalue weighted by Crippen LogP contribution is -2.53. The summed E-state index contributed by atoms with van der Waals surface area (Å²) in [5, 5.41) is 0. The van der Waals surface area contributed by atoms with Crippen LogP contribution in [0.25, 0.3) is 0 Å². The molecule has 0 aromatic heterocycles. The van der Waals surface area contributed by atoms with Crippen LogP contribution in [0.1, 0.15) is 52.9 Å². The van der Waals surface area contributed by atoms with Crippen LogP contribution in [0.15, 0.2) is 0 Å². The number of nitrogens with zero attached hydrogens (tertiary/aromatic N) is 1. The molecule has 110 valence electrons. The zero-order valence-electron chi connectivity index (χ0n) is 12.7. The zero-order chi connectivity index (χ0) is 13.9. The van der Waals surface area contributed by atoms with E-state index in [-0.39, 0.29) is 5.41 Å². The Morgan fingerprint density at radius 2 is 2.00 bits per heavy atom. The number of aldehydes is 1. The van der Waals surface area contributed by atoms with Crippen LogP contribution in [0, 0.1) is 11.3 Å². The normalized spacial score (nSPS) is 41.1. The summed E-state index contributed by atoms with van der Waals surface area (Å²) in [4.78, 5) is 14.2. The van der Waals surface area contributed by atoms with Crippen LogP contribution in [0.5, 0.6) is 0 Å². The van der Waals surface area contributed by atoms with Gasteiger partial charge in [0.1, 0.15) is 6.29 Å². The standard InChI is InChI=1S/C16H29NO2/c1-4-15-10-19-14(3)9-17(15)11-16(12-18)7-5-13(2)6-8-16/h12-15H,4-11H2,1-3H3. The summed E-state index contributed by atoms with van der Waals surface area (Å²) in [5.41, 5.74) is -0.0863. The average molecular weight is 267 g/mol. The Labute approximate surface area is 117 Å². The van der Waals surface area contributed by atoms with Crippen molar-refractivity contribution in [3.05, 3.63) is 0 Å². The van der Waals surface area contributed by atoms with Crippen LogP contribution in [-0.4, -0.2) is 43.0 Å². The molecule has 3 heteroatoms. The topological polar surface area (TPSA) is 29.5 Å². The molecule has 1 saturated carbocycles. The van der Waals surface area contributed by atoms with E-state index in [0.29, 0.717) is 12.1 Å². The lowest BCUT2D eigenvalue weighted by atomic mass is 9.71. The molecule has 0 amide bonds. The molecule has 19 heavy (non-hydrogen) atoms. The van der Waals surface area contributed by atoms with Crippen molar-refractivity contribution >= 4 is 6.29 Å². The number of rotatable bonds is 4.